The fraction of sp³-hybridized carbons (Fsp3) is 0.300. The maximum atomic E-state index is 11.1. The van der Waals surface area contributed by atoms with Crippen molar-refractivity contribution in [1.82, 2.24) is 0 Å². The molecule has 0 heterocycles. The maximum Gasteiger partial charge on any atom is 0.274 e. The molecule has 15 heavy (non-hydrogen) atoms. The van der Waals surface area contributed by atoms with Crippen LogP contribution in [-0.4, -0.2) is 10.7 Å². The lowest BCUT2D eigenvalue weighted by Gasteiger charge is -2.09. The van der Waals surface area contributed by atoms with Crippen LogP contribution in [0, 0.1) is 17.0 Å². The lowest BCUT2D eigenvalue weighted by molar-refractivity contribution is -0.385. The molecule has 1 aromatic carbocycles. The highest BCUT2D eigenvalue weighted by molar-refractivity contribution is 6.31. The summed E-state index contributed by atoms with van der Waals surface area (Å²) in [4.78, 5) is 21.3. The molecule has 0 aliphatic rings. The number of nitrogens with zero attached hydrogens (tertiary/aromatic N) is 1. The Morgan fingerprint density at radius 2 is 2.13 bits per heavy atom. The lowest BCUT2D eigenvalue weighted by Crippen LogP contribution is -2.07. The number of nitro benzene ring substituents is 1. The van der Waals surface area contributed by atoms with E-state index in [1.165, 1.54) is 13.0 Å². The minimum Gasteiger partial charge on any atom is -0.298 e. The number of ketones is 1. The highest BCUT2D eigenvalue weighted by atomic mass is 35.5. The van der Waals surface area contributed by atoms with E-state index in [0.717, 1.165) is 0 Å². The number of rotatable bonds is 3. The Labute approximate surface area is 92.0 Å². The molecule has 0 aliphatic heterocycles. The van der Waals surface area contributed by atoms with Gasteiger partial charge in [0.2, 0.25) is 0 Å². The van der Waals surface area contributed by atoms with Crippen LogP contribution < -0.4 is 0 Å². The molecule has 0 saturated heterocycles. The van der Waals surface area contributed by atoms with Crippen LogP contribution in [0.3, 0.4) is 0 Å². The van der Waals surface area contributed by atoms with Crippen LogP contribution in [0.5, 0.6) is 0 Å². The zero-order valence-electron chi connectivity index (χ0n) is 8.36. The molecule has 0 bridgehead atoms. The second kappa shape index (κ2) is 4.40. The largest absolute Gasteiger partial charge is 0.298 e. The van der Waals surface area contributed by atoms with Gasteiger partial charge in [0.05, 0.1) is 10.5 Å². The van der Waals surface area contributed by atoms with Crippen molar-refractivity contribution in [1.29, 1.82) is 0 Å². The first-order valence-corrected chi connectivity index (χ1v) is 4.77. The van der Waals surface area contributed by atoms with Crippen LogP contribution in [0.15, 0.2) is 18.2 Å². The molecule has 1 rings (SSSR count). The summed E-state index contributed by atoms with van der Waals surface area (Å²) >= 11 is 5.84. The van der Waals surface area contributed by atoms with Gasteiger partial charge in [0.1, 0.15) is 5.38 Å². The van der Waals surface area contributed by atoms with Crippen LogP contribution in [0.25, 0.3) is 0 Å². The molecule has 0 saturated carbocycles. The zero-order chi connectivity index (χ0) is 11.6. The normalized spacial score (nSPS) is 12.2. The van der Waals surface area contributed by atoms with E-state index in [9.17, 15) is 14.9 Å². The standard InChI is InChI=1S/C10H10ClNO3/c1-6-4-3-5-8(12(14)15)9(6)10(11)7(2)13/h3-5,10H,1-2H3. The van der Waals surface area contributed by atoms with Gasteiger partial charge in [-0.3, -0.25) is 14.9 Å². The summed E-state index contributed by atoms with van der Waals surface area (Å²) in [5, 5.41) is 9.78. The number of alkyl halides is 1. The van der Waals surface area contributed by atoms with E-state index in [4.69, 9.17) is 11.6 Å². The molecule has 80 valence electrons. The predicted molar refractivity (Wildman–Crippen MR) is 57.1 cm³/mol. The topological polar surface area (TPSA) is 60.2 Å². The Balaban J connectivity index is 3.37. The molecule has 1 unspecified atom stereocenters. The number of halogens is 1. The highest BCUT2D eigenvalue weighted by Crippen LogP contribution is 2.32. The smallest absolute Gasteiger partial charge is 0.274 e. The van der Waals surface area contributed by atoms with E-state index in [2.05, 4.69) is 0 Å². The third-order valence-electron chi connectivity index (χ3n) is 2.11. The molecule has 0 fully saturated rings. The zero-order valence-corrected chi connectivity index (χ0v) is 9.12. The van der Waals surface area contributed by atoms with E-state index < -0.39 is 10.3 Å². The number of carbonyl (C=O) groups is 1. The number of Topliss-reactive ketones (excluding diaryl/α,β-unsaturated/α-hetero) is 1. The Kier molecular flexibility index (Phi) is 3.42. The van der Waals surface area contributed by atoms with E-state index in [-0.39, 0.29) is 17.0 Å². The molecular weight excluding hydrogens is 218 g/mol. The van der Waals surface area contributed by atoms with Crippen LogP contribution >= 0.6 is 11.6 Å². The highest BCUT2D eigenvalue weighted by Gasteiger charge is 2.25. The minimum atomic E-state index is -0.952. The van der Waals surface area contributed by atoms with Crippen molar-refractivity contribution in [2.45, 2.75) is 19.2 Å². The molecule has 1 aromatic rings. The fourth-order valence-corrected chi connectivity index (χ4v) is 1.64. The summed E-state index contributed by atoms with van der Waals surface area (Å²) in [6, 6.07) is 4.61. The Morgan fingerprint density at radius 1 is 1.53 bits per heavy atom. The summed E-state index contributed by atoms with van der Waals surface area (Å²) in [6.45, 7) is 3.01. The van der Waals surface area contributed by atoms with Gasteiger partial charge in [-0.05, 0) is 19.4 Å². The molecular formula is C10H10ClNO3. The number of carbonyl (C=O) groups excluding carboxylic acids is 1. The van der Waals surface area contributed by atoms with E-state index in [1.807, 2.05) is 0 Å². The summed E-state index contributed by atoms with van der Waals surface area (Å²) in [7, 11) is 0. The van der Waals surface area contributed by atoms with Gasteiger partial charge in [0, 0.05) is 6.07 Å². The van der Waals surface area contributed by atoms with Crippen molar-refractivity contribution < 1.29 is 9.72 Å². The summed E-state index contributed by atoms with van der Waals surface area (Å²) in [5.74, 6) is -0.297. The number of aryl methyl sites for hydroxylation is 1. The molecule has 0 spiro atoms. The fourth-order valence-electron chi connectivity index (χ4n) is 1.36. The molecule has 0 amide bonds. The van der Waals surface area contributed by atoms with Crippen molar-refractivity contribution in [2.75, 3.05) is 0 Å². The van der Waals surface area contributed by atoms with Crippen molar-refractivity contribution in [2.24, 2.45) is 0 Å². The molecule has 0 aromatic heterocycles. The lowest BCUT2D eigenvalue weighted by atomic mass is 10.0. The second-order valence-electron chi connectivity index (χ2n) is 3.24. The summed E-state index contributed by atoms with van der Waals surface area (Å²) in [5.41, 5.74) is 0.835. The van der Waals surface area contributed by atoms with Gasteiger partial charge in [-0.2, -0.15) is 0 Å². The first-order valence-electron chi connectivity index (χ1n) is 4.33. The Hall–Kier alpha value is -1.42. The average molecular weight is 228 g/mol. The average Bonchev–Trinajstić information content (AvgIpc) is 2.16. The van der Waals surface area contributed by atoms with Gasteiger partial charge in [0.25, 0.3) is 5.69 Å². The minimum absolute atomic E-state index is 0.106. The van der Waals surface area contributed by atoms with E-state index in [0.29, 0.717) is 5.56 Å². The van der Waals surface area contributed by atoms with Gasteiger partial charge >= 0.3 is 0 Å². The van der Waals surface area contributed by atoms with Crippen molar-refractivity contribution in [3.8, 4) is 0 Å². The Bertz CT molecular complexity index is 417. The van der Waals surface area contributed by atoms with Crippen LogP contribution in [0.4, 0.5) is 5.69 Å². The van der Waals surface area contributed by atoms with E-state index in [1.54, 1.807) is 19.1 Å². The van der Waals surface area contributed by atoms with Crippen molar-refractivity contribution in [3.63, 3.8) is 0 Å². The Morgan fingerprint density at radius 3 is 2.60 bits per heavy atom. The SMILES string of the molecule is CC(=O)C(Cl)c1c(C)cccc1[N+](=O)[O-]. The van der Waals surface area contributed by atoms with Crippen molar-refractivity contribution in [3.05, 3.63) is 39.4 Å². The van der Waals surface area contributed by atoms with E-state index >= 15 is 0 Å². The first kappa shape index (κ1) is 11.7. The number of hydrogen-bond donors (Lipinski definition) is 0. The number of hydrogen-bond acceptors (Lipinski definition) is 3. The van der Waals surface area contributed by atoms with Crippen LogP contribution in [-0.2, 0) is 4.79 Å². The molecule has 0 radical (unpaired) electrons. The van der Waals surface area contributed by atoms with Crippen LogP contribution in [0.1, 0.15) is 23.4 Å². The summed E-state index contributed by atoms with van der Waals surface area (Å²) in [6.07, 6.45) is 0. The van der Waals surface area contributed by atoms with Gasteiger partial charge < -0.3 is 0 Å². The molecule has 0 N–H and O–H groups in total. The molecule has 4 nitrogen and oxygen atoms in total. The van der Waals surface area contributed by atoms with Gasteiger partial charge in [-0.25, -0.2) is 0 Å². The third kappa shape index (κ3) is 2.33. The van der Waals surface area contributed by atoms with Gasteiger partial charge in [-0.1, -0.05) is 12.1 Å². The first-order chi connectivity index (χ1) is 6.95. The predicted octanol–water partition coefficient (Wildman–Crippen LogP) is 2.77. The van der Waals surface area contributed by atoms with Gasteiger partial charge in [-0.15, -0.1) is 11.6 Å². The van der Waals surface area contributed by atoms with Crippen LogP contribution in [0.2, 0.25) is 0 Å². The number of benzene rings is 1. The molecule has 1 atom stereocenters. The summed E-state index contributed by atoms with van der Waals surface area (Å²) < 4.78 is 0. The maximum absolute atomic E-state index is 11.1. The third-order valence-corrected chi connectivity index (χ3v) is 2.63. The molecule has 0 aliphatic carbocycles. The van der Waals surface area contributed by atoms with Crippen molar-refractivity contribution >= 4 is 23.1 Å². The second-order valence-corrected chi connectivity index (χ2v) is 3.67. The monoisotopic (exact) mass is 227 g/mol. The molecule has 5 heteroatoms. The van der Waals surface area contributed by atoms with Gasteiger partial charge in [0.15, 0.2) is 5.78 Å². The number of nitro groups is 1. The quantitative estimate of drug-likeness (QED) is 0.453.